The van der Waals surface area contributed by atoms with Gasteiger partial charge in [-0.3, -0.25) is 9.59 Å². The van der Waals surface area contributed by atoms with Crippen LogP contribution in [0.15, 0.2) is 30.3 Å². The summed E-state index contributed by atoms with van der Waals surface area (Å²) >= 11 is 0. The number of amides is 1. The number of carbonyl (C=O) groups excluding carboxylic acids is 2. The summed E-state index contributed by atoms with van der Waals surface area (Å²) in [6, 6.07) is 10.1. The Kier molecular flexibility index (Phi) is 9.61. The van der Waals surface area contributed by atoms with E-state index in [4.69, 9.17) is 5.26 Å². The summed E-state index contributed by atoms with van der Waals surface area (Å²) in [6.07, 6.45) is 0.967. The lowest BCUT2D eigenvalue weighted by molar-refractivity contribution is -0.144. The molecule has 1 amide bonds. The molecule has 2 fully saturated rings. The van der Waals surface area contributed by atoms with E-state index >= 15 is 0 Å². The number of hydrogen-bond acceptors (Lipinski definition) is 7. The van der Waals surface area contributed by atoms with E-state index in [-0.39, 0.29) is 23.3 Å². The second-order valence-electron chi connectivity index (χ2n) is 10.5. The highest BCUT2D eigenvalue weighted by Gasteiger charge is 2.40. The van der Waals surface area contributed by atoms with Crippen LogP contribution >= 0.6 is 0 Å². The molecular weight excluding hydrogens is 521 g/mol. The minimum absolute atomic E-state index is 0.107. The van der Waals surface area contributed by atoms with Crippen LogP contribution in [0.4, 0.5) is 24.8 Å². The highest BCUT2D eigenvalue weighted by molar-refractivity contribution is 5.86. The lowest BCUT2D eigenvalue weighted by atomic mass is 9.91. The zero-order valence-corrected chi connectivity index (χ0v) is 22.7. The molecule has 40 heavy (non-hydrogen) atoms. The van der Waals surface area contributed by atoms with Gasteiger partial charge in [0.05, 0.1) is 11.6 Å². The third kappa shape index (κ3) is 7.49. The molecule has 8 nitrogen and oxygen atoms in total. The van der Waals surface area contributed by atoms with Crippen molar-refractivity contribution in [3.63, 3.8) is 0 Å². The number of hydrogen-bond donors (Lipinski definition) is 1. The van der Waals surface area contributed by atoms with E-state index < -0.39 is 18.0 Å². The van der Waals surface area contributed by atoms with Crippen molar-refractivity contribution in [2.75, 3.05) is 36.0 Å². The molecule has 2 aromatic rings. The van der Waals surface area contributed by atoms with Crippen LogP contribution in [-0.4, -0.2) is 53.9 Å². The van der Waals surface area contributed by atoms with E-state index in [1.807, 2.05) is 24.0 Å². The Hall–Kier alpha value is -3.68. The van der Waals surface area contributed by atoms with Crippen LogP contribution in [0, 0.1) is 17.2 Å². The molecule has 4 rings (SSSR count). The number of anilines is 2. The molecule has 0 radical (unpaired) electrons. The van der Waals surface area contributed by atoms with Gasteiger partial charge in [-0.1, -0.05) is 19.1 Å². The maximum atomic E-state index is 13.7. The van der Waals surface area contributed by atoms with Crippen molar-refractivity contribution in [2.24, 2.45) is 5.92 Å². The van der Waals surface area contributed by atoms with Gasteiger partial charge in [-0.15, -0.1) is 0 Å². The predicted octanol–water partition coefficient (Wildman–Crippen LogP) is 4.67. The molecule has 3 heterocycles. The average Bonchev–Trinajstić information content (AvgIpc) is 2.92. The number of rotatable bonds is 11. The maximum Gasteiger partial charge on any atom is 0.451 e. The first kappa shape index (κ1) is 29.3. The first-order valence-electron chi connectivity index (χ1n) is 13.9. The van der Waals surface area contributed by atoms with E-state index in [0.29, 0.717) is 63.3 Å². The fraction of sp³-hybridized carbons (Fsp3) is 0.552. The van der Waals surface area contributed by atoms with Crippen molar-refractivity contribution in [3.8, 4) is 6.07 Å². The van der Waals surface area contributed by atoms with Crippen LogP contribution in [-0.2, 0) is 22.2 Å². The van der Waals surface area contributed by atoms with Crippen molar-refractivity contribution >= 4 is 23.3 Å². The lowest BCUT2D eigenvalue weighted by Gasteiger charge is -2.41. The first-order chi connectivity index (χ1) is 19.2. The first-order valence-corrected chi connectivity index (χ1v) is 13.9. The summed E-state index contributed by atoms with van der Waals surface area (Å²) < 4.78 is 41.2. The number of piperidine rings is 1. The van der Waals surface area contributed by atoms with Gasteiger partial charge in [-0.25, -0.2) is 9.97 Å². The SMILES string of the molecule is CCC(=O)CCCC1CCN(c2cc(N3CC[C@H]3C(=O)NCCc3ccc(C#N)cc3)nc(C(F)(F)F)n2)CC1. The van der Waals surface area contributed by atoms with E-state index in [9.17, 15) is 22.8 Å². The summed E-state index contributed by atoms with van der Waals surface area (Å²) in [5.74, 6) is -0.421. The minimum atomic E-state index is -4.71. The normalized spacial score (nSPS) is 17.7. The fourth-order valence-corrected chi connectivity index (χ4v) is 5.20. The molecule has 2 saturated heterocycles. The van der Waals surface area contributed by atoms with Gasteiger partial charge in [0.15, 0.2) is 0 Å². The van der Waals surface area contributed by atoms with Crippen molar-refractivity contribution in [3.05, 3.63) is 47.3 Å². The summed E-state index contributed by atoms with van der Waals surface area (Å²) in [4.78, 5) is 35.5. The van der Waals surface area contributed by atoms with Crippen LogP contribution in [0.2, 0.25) is 0 Å². The molecule has 2 aliphatic rings. The number of alkyl halides is 3. The minimum Gasteiger partial charge on any atom is -0.356 e. The molecule has 1 atom stereocenters. The third-order valence-corrected chi connectivity index (χ3v) is 7.77. The Balaban J connectivity index is 1.37. The number of halogens is 3. The van der Waals surface area contributed by atoms with E-state index in [2.05, 4.69) is 21.4 Å². The van der Waals surface area contributed by atoms with Crippen LogP contribution in [0.1, 0.15) is 68.8 Å². The topological polar surface area (TPSA) is 102 Å². The van der Waals surface area contributed by atoms with Crippen LogP contribution in [0.5, 0.6) is 0 Å². The molecule has 0 aliphatic carbocycles. The second-order valence-corrected chi connectivity index (χ2v) is 10.5. The fourth-order valence-electron chi connectivity index (χ4n) is 5.20. The van der Waals surface area contributed by atoms with Gasteiger partial charge in [0.1, 0.15) is 23.5 Å². The molecule has 1 N–H and O–H groups in total. The van der Waals surface area contributed by atoms with Crippen molar-refractivity contribution in [1.29, 1.82) is 5.26 Å². The Morgan fingerprint density at radius 3 is 2.38 bits per heavy atom. The summed E-state index contributed by atoms with van der Waals surface area (Å²) in [5.41, 5.74) is 1.53. The maximum absolute atomic E-state index is 13.7. The van der Waals surface area contributed by atoms with Gasteiger partial charge in [0, 0.05) is 45.1 Å². The van der Waals surface area contributed by atoms with E-state index in [1.165, 1.54) is 0 Å². The molecular formula is C29H35F3N6O2. The summed E-state index contributed by atoms with van der Waals surface area (Å²) in [5, 5.41) is 11.8. The molecule has 0 bridgehead atoms. The molecule has 2 aliphatic heterocycles. The number of Topliss-reactive ketones (excluding diaryl/α,β-unsaturated/α-hetero) is 1. The number of ketones is 1. The summed E-state index contributed by atoms with van der Waals surface area (Å²) in [6.45, 7) is 3.83. The largest absolute Gasteiger partial charge is 0.451 e. The van der Waals surface area contributed by atoms with Gasteiger partial charge < -0.3 is 15.1 Å². The Morgan fingerprint density at radius 1 is 1.07 bits per heavy atom. The van der Waals surface area contributed by atoms with Crippen LogP contribution in [0.25, 0.3) is 0 Å². The van der Waals surface area contributed by atoms with E-state index in [1.54, 1.807) is 23.1 Å². The zero-order valence-electron chi connectivity index (χ0n) is 22.7. The van der Waals surface area contributed by atoms with Gasteiger partial charge in [-0.05, 0) is 62.1 Å². The standard InChI is InChI=1S/C29H35F3N6O2/c1-2-23(39)5-3-4-20-11-15-37(16-12-20)25-18-26(36-28(35-25)29(30,31)32)38-17-13-24(38)27(40)34-14-10-21-6-8-22(19-33)9-7-21/h6-9,18,20,24H,2-5,10-17H2,1H3,(H,34,40)/t24-/m0/s1. The van der Waals surface area contributed by atoms with E-state index in [0.717, 1.165) is 31.2 Å². The number of nitrogens with one attached hydrogen (secondary N) is 1. The third-order valence-electron chi connectivity index (χ3n) is 7.77. The highest BCUT2D eigenvalue weighted by atomic mass is 19.4. The number of benzene rings is 1. The highest BCUT2D eigenvalue weighted by Crippen LogP contribution is 2.34. The second kappa shape index (κ2) is 13.1. The van der Waals surface area contributed by atoms with Gasteiger partial charge in [0.2, 0.25) is 11.7 Å². The Labute approximate surface area is 232 Å². The molecule has 0 unspecified atom stereocenters. The van der Waals surface area contributed by atoms with Crippen molar-refractivity contribution in [1.82, 2.24) is 15.3 Å². The molecule has 214 valence electrons. The summed E-state index contributed by atoms with van der Waals surface area (Å²) in [7, 11) is 0. The zero-order chi connectivity index (χ0) is 28.7. The number of aromatic nitrogens is 2. The molecule has 0 saturated carbocycles. The lowest BCUT2D eigenvalue weighted by Crippen LogP contribution is -2.57. The average molecular weight is 557 g/mol. The number of carbonyl (C=O) groups is 2. The molecule has 1 aromatic carbocycles. The molecule has 11 heteroatoms. The predicted molar refractivity (Wildman–Crippen MR) is 145 cm³/mol. The Morgan fingerprint density at radius 2 is 1.77 bits per heavy atom. The van der Waals surface area contributed by atoms with Crippen molar-refractivity contribution in [2.45, 2.75) is 70.5 Å². The number of nitriles is 1. The monoisotopic (exact) mass is 556 g/mol. The van der Waals surface area contributed by atoms with Crippen LogP contribution in [0.3, 0.4) is 0 Å². The quantitative estimate of drug-likeness (QED) is 0.429. The number of nitrogens with zero attached hydrogens (tertiary/aromatic N) is 5. The van der Waals surface area contributed by atoms with Crippen LogP contribution < -0.4 is 15.1 Å². The van der Waals surface area contributed by atoms with Gasteiger partial charge in [0.25, 0.3) is 0 Å². The molecule has 1 aromatic heterocycles. The van der Waals surface area contributed by atoms with Crippen molar-refractivity contribution < 1.29 is 22.8 Å². The Bertz CT molecular complexity index is 1220. The molecule has 0 spiro atoms. The smallest absolute Gasteiger partial charge is 0.356 e. The van der Waals surface area contributed by atoms with Gasteiger partial charge in [-0.2, -0.15) is 18.4 Å². The van der Waals surface area contributed by atoms with Gasteiger partial charge >= 0.3 is 6.18 Å².